The van der Waals surface area contributed by atoms with E-state index in [1.807, 2.05) is 29.2 Å². The van der Waals surface area contributed by atoms with Crippen molar-refractivity contribution in [3.8, 4) is 5.75 Å². The lowest BCUT2D eigenvalue weighted by Crippen LogP contribution is -2.37. The van der Waals surface area contributed by atoms with Crippen LogP contribution in [0.3, 0.4) is 0 Å². The number of piperidine rings is 1. The fourth-order valence-electron chi connectivity index (χ4n) is 4.93. The van der Waals surface area contributed by atoms with Crippen LogP contribution < -0.4 is 10.2 Å². The molecule has 5 rings (SSSR count). The first-order valence-electron chi connectivity index (χ1n) is 12.1. The van der Waals surface area contributed by atoms with E-state index in [4.69, 9.17) is 0 Å². The van der Waals surface area contributed by atoms with Crippen LogP contribution in [0.5, 0.6) is 5.75 Å². The van der Waals surface area contributed by atoms with Crippen molar-refractivity contribution in [2.45, 2.75) is 25.2 Å². The molecule has 2 aliphatic heterocycles. The number of benzene rings is 2. The minimum absolute atomic E-state index is 0.00583. The Morgan fingerprint density at radius 3 is 2.34 bits per heavy atom. The molecule has 2 amide bonds. The van der Waals surface area contributed by atoms with Gasteiger partial charge in [0.05, 0.1) is 5.92 Å². The molecule has 2 fully saturated rings. The van der Waals surface area contributed by atoms with Gasteiger partial charge in [0, 0.05) is 43.6 Å². The van der Waals surface area contributed by atoms with Crippen LogP contribution in [0.25, 0.3) is 0 Å². The van der Waals surface area contributed by atoms with Crippen molar-refractivity contribution < 1.29 is 14.7 Å². The summed E-state index contributed by atoms with van der Waals surface area (Å²) in [5.41, 5.74) is 2.63. The zero-order valence-corrected chi connectivity index (χ0v) is 19.5. The maximum atomic E-state index is 12.8. The van der Waals surface area contributed by atoms with Crippen LogP contribution in [0.1, 0.15) is 41.1 Å². The number of hydrogen-bond acceptors (Lipinski definition) is 6. The average Bonchev–Trinajstić information content (AvgIpc) is 3.41. The first-order valence-corrected chi connectivity index (χ1v) is 12.1. The van der Waals surface area contributed by atoms with Gasteiger partial charge in [-0.15, -0.1) is 5.10 Å². The van der Waals surface area contributed by atoms with Crippen molar-refractivity contribution in [2.75, 3.05) is 36.4 Å². The monoisotopic (exact) mass is 471 g/mol. The molecule has 1 atom stereocenters. The van der Waals surface area contributed by atoms with Gasteiger partial charge in [0.25, 0.3) is 5.91 Å². The minimum atomic E-state index is -0.0767. The number of aromatic hydroxyl groups is 1. The Kier molecular flexibility index (Phi) is 6.61. The third-order valence-electron chi connectivity index (χ3n) is 6.99. The molecule has 2 aliphatic rings. The fourth-order valence-corrected chi connectivity index (χ4v) is 4.93. The highest BCUT2D eigenvalue weighted by Crippen LogP contribution is 2.30. The highest BCUT2D eigenvalue weighted by molar-refractivity contribution is 5.94. The fraction of sp³-hybridized carbons (Fsp3) is 0.333. The highest BCUT2D eigenvalue weighted by Gasteiger charge is 2.29. The predicted molar refractivity (Wildman–Crippen MR) is 133 cm³/mol. The summed E-state index contributed by atoms with van der Waals surface area (Å²) in [4.78, 5) is 29.5. The lowest BCUT2D eigenvalue weighted by Gasteiger charge is -2.32. The molecule has 0 aliphatic carbocycles. The Labute approximate surface area is 204 Å². The lowest BCUT2D eigenvalue weighted by molar-refractivity contribution is -0.119. The van der Waals surface area contributed by atoms with Crippen LogP contribution >= 0.6 is 0 Å². The van der Waals surface area contributed by atoms with Crippen molar-refractivity contribution in [1.82, 2.24) is 15.1 Å². The highest BCUT2D eigenvalue weighted by atomic mass is 16.3. The standard InChI is InChI=1S/C27H29N5O3/c33-24-9-5-21(6-10-24)27(35)31-15-11-20(12-16-31)19-3-7-23(8-4-19)29-26(34)22-13-17-32(18-22)25-2-1-14-28-30-25/h1-10,14,20,22,33H,11-13,15-18H2,(H,29,34)/t22-/m0/s1. The van der Waals surface area contributed by atoms with E-state index in [-0.39, 0.29) is 23.5 Å². The van der Waals surface area contributed by atoms with E-state index in [2.05, 4.69) is 32.5 Å². The number of nitrogens with zero attached hydrogens (tertiary/aromatic N) is 4. The van der Waals surface area contributed by atoms with E-state index in [1.165, 1.54) is 5.56 Å². The van der Waals surface area contributed by atoms with Crippen molar-refractivity contribution in [1.29, 1.82) is 0 Å². The van der Waals surface area contributed by atoms with Gasteiger partial charge >= 0.3 is 0 Å². The van der Waals surface area contributed by atoms with Crippen molar-refractivity contribution in [2.24, 2.45) is 5.92 Å². The van der Waals surface area contributed by atoms with Crippen LogP contribution in [-0.4, -0.2) is 58.2 Å². The van der Waals surface area contributed by atoms with E-state index in [1.54, 1.807) is 30.5 Å². The number of carbonyl (C=O) groups is 2. The zero-order chi connectivity index (χ0) is 24.2. The van der Waals surface area contributed by atoms with Crippen molar-refractivity contribution >= 4 is 23.3 Å². The predicted octanol–water partition coefficient (Wildman–Crippen LogP) is 3.67. The van der Waals surface area contributed by atoms with Gasteiger partial charge in [-0.3, -0.25) is 9.59 Å². The Bertz CT molecular complexity index is 1160. The SMILES string of the molecule is O=C(Nc1ccc(C2CCN(C(=O)c3ccc(O)cc3)CC2)cc1)[C@H]1CCN(c2cccnn2)C1. The topological polar surface area (TPSA) is 98.7 Å². The molecular formula is C27H29N5O3. The summed E-state index contributed by atoms with van der Waals surface area (Å²) in [7, 11) is 0. The van der Waals surface area contributed by atoms with Crippen molar-refractivity contribution in [3.63, 3.8) is 0 Å². The smallest absolute Gasteiger partial charge is 0.253 e. The van der Waals surface area contributed by atoms with E-state index >= 15 is 0 Å². The number of phenols is 1. The Morgan fingerprint density at radius 1 is 0.914 bits per heavy atom. The summed E-state index contributed by atoms with van der Waals surface area (Å²) in [6, 6.07) is 18.3. The molecule has 8 nitrogen and oxygen atoms in total. The van der Waals surface area contributed by atoms with Crippen LogP contribution in [0.4, 0.5) is 11.5 Å². The normalized spacial score (nSPS) is 18.5. The van der Waals surface area contributed by atoms with Gasteiger partial charge in [0.2, 0.25) is 5.91 Å². The zero-order valence-electron chi connectivity index (χ0n) is 19.5. The summed E-state index contributed by atoms with van der Waals surface area (Å²) in [6.45, 7) is 2.84. The lowest BCUT2D eigenvalue weighted by atomic mass is 9.89. The third kappa shape index (κ3) is 5.26. The van der Waals surface area contributed by atoms with Crippen LogP contribution in [0.15, 0.2) is 66.9 Å². The van der Waals surface area contributed by atoms with Gasteiger partial charge in [-0.25, -0.2) is 0 Å². The first kappa shape index (κ1) is 22.8. The minimum Gasteiger partial charge on any atom is -0.508 e. The molecule has 0 spiro atoms. The molecule has 0 unspecified atom stereocenters. The number of carbonyl (C=O) groups excluding carboxylic acids is 2. The number of hydrogen-bond donors (Lipinski definition) is 2. The summed E-state index contributed by atoms with van der Waals surface area (Å²) in [6.07, 6.45) is 4.24. The maximum Gasteiger partial charge on any atom is 0.253 e. The molecule has 8 heteroatoms. The second-order valence-electron chi connectivity index (χ2n) is 9.24. The second-order valence-corrected chi connectivity index (χ2v) is 9.24. The van der Waals surface area contributed by atoms with Crippen LogP contribution in [0, 0.1) is 5.92 Å². The van der Waals surface area contributed by atoms with Crippen LogP contribution in [0.2, 0.25) is 0 Å². The molecule has 0 bridgehead atoms. The number of likely N-dealkylation sites (tertiary alicyclic amines) is 1. The molecule has 0 saturated carbocycles. The number of nitrogens with one attached hydrogen (secondary N) is 1. The van der Waals surface area contributed by atoms with Crippen molar-refractivity contribution in [3.05, 3.63) is 78.0 Å². The molecular weight excluding hydrogens is 442 g/mol. The third-order valence-corrected chi connectivity index (χ3v) is 6.99. The number of amides is 2. The summed E-state index contributed by atoms with van der Waals surface area (Å²) in [5.74, 6) is 1.32. The molecule has 0 radical (unpaired) electrons. The molecule has 2 aromatic carbocycles. The molecule has 1 aromatic heterocycles. The maximum absolute atomic E-state index is 12.8. The quantitative estimate of drug-likeness (QED) is 0.589. The van der Waals surface area contributed by atoms with Crippen LogP contribution in [-0.2, 0) is 4.79 Å². The largest absolute Gasteiger partial charge is 0.508 e. The Morgan fingerprint density at radius 2 is 1.66 bits per heavy atom. The molecule has 180 valence electrons. The molecule has 3 aromatic rings. The molecule has 2 saturated heterocycles. The van der Waals surface area contributed by atoms with E-state index in [9.17, 15) is 14.7 Å². The van der Waals surface area contributed by atoms with Gasteiger partial charge in [-0.2, -0.15) is 5.10 Å². The van der Waals surface area contributed by atoms with Gasteiger partial charge in [-0.05, 0) is 79.3 Å². The number of aromatic nitrogens is 2. The van der Waals surface area contributed by atoms with Gasteiger partial charge < -0.3 is 20.2 Å². The number of rotatable bonds is 5. The summed E-state index contributed by atoms with van der Waals surface area (Å²) >= 11 is 0. The van der Waals surface area contributed by atoms with Gasteiger partial charge in [-0.1, -0.05) is 12.1 Å². The average molecular weight is 472 g/mol. The number of phenolic OH excluding ortho intramolecular Hbond substituents is 1. The summed E-state index contributed by atoms with van der Waals surface area (Å²) in [5, 5.41) is 20.6. The van der Waals surface area contributed by atoms with E-state index < -0.39 is 0 Å². The Hall–Kier alpha value is -3.94. The molecule has 3 heterocycles. The second kappa shape index (κ2) is 10.1. The first-order chi connectivity index (χ1) is 17.1. The molecule has 35 heavy (non-hydrogen) atoms. The van der Waals surface area contributed by atoms with Gasteiger partial charge in [0.1, 0.15) is 5.75 Å². The van der Waals surface area contributed by atoms with Gasteiger partial charge in [0.15, 0.2) is 5.82 Å². The molecule has 2 N–H and O–H groups in total. The number of anilines is 2. The summed E-state index contributed by atoms with van der Waals surface area (Å²) < 4.78 is 0. The Balaban J connectivity index is 1.12. The van der Waals surface area contributed by atoms with E-state index in [0.717, 1.165) is 37.3 Å². The van der Waals surface area contributed by atoms with E-state index in [0.29, 0.717) is 31.1 Å².